The summed E-state index contributed by atoms with van der Waals surface area (Å²) in [7, 11) is 0. The van der Waals surface area contributed by atoms with Gasteiger partial charge in [0.05, 0.1) is 22.3 Å². The summed E-state index contributed by atoms with van der Waals surface area (Å²) in [5.74, 6) is -21.9. The van der Waals surface area contributed by atoms with Gasteiger partial charge in [0.25, 0.3) is 0 Å². The van der Waals surface area contributed by atoms with Gasteiger partial charge in [-0.3, -0.25) is 0 Å². The molecule has 13 N–H and O–H groups in total. The van der Waals surface area contributed by atoms with Crippen LogP contribution in [0.15, 0.2) is 24.3 Å². The van der Waals surface area contributed by atoms with E-state index in [4.69, 9.17) is 23.7 Å². The summed E-state index contributed by atoms with van der Waals surface area (Å²) in [4.78, 5) is 55.3. The summed E-state index contributed by atoms with van der Waals surface area (Å²) < 4.78 is 27.2. The van der Waals surface area contributed by atoms with E-state index < -0.39 is 175 Å². The molecule has 1 fully saturated rings. The van der Waals surface area contributed by atoms with Gasteiger partial charge >= 0.3 is 23.9 Å². The molecule has 292 valence electrons. The fourth-order valence-corrected chi connectivity index (χ4v) is 6.46. The number of ether oxygens (including phenoxy) is 5. The third kappa shape index (κ3) is 5.34. The molecule has 0 aromatic heterocycles. The summed E-state index contributed by atoms with van der Waals surface area (Å²) in [6.45, 7) is -1.08. The maximum Gasteiger partial charge on any atom is 0.339 e. The van der Waals surface area contributed by atoms with E-state index in [2.05, 4.69) is 0 Å². The number of benzene rings is 4. The predicted molar refractivity (Wildman–Crippen MR) is 173 cm³/mol. The smallest absolute Gasteiger partial charge is 0.339 e. The average molecular weight is 785 g/mol. The summed E-state index contributed by atoms with van der Waals surface area (Å²) in [5.41, 5.74) is -7.76. The van der Waals surface area contributed by atoms with Crippen LogP contribution in [0.3, 0.4) is 0 Å². The van der Waals surface area contributed by atoms with Crippen molar-refractivity contribution in [3.8, 4) is 91.2 Å². The zero-order valence-corrected chi connectivity index (χ0v) is 27.4. The van der Waals surface area contributed by atoms with Gasteiger partial charge in [-0.05, 0) is 24.3 Å². The highest BCUT2D eigenvalue weighted by molar-refractivity contribution is 6.10. The van der Waals surface area contributed by atoms with E-state index in [0.29, 0.717) is 24.3 Å². The number of carbonyl (C=O) groups is 4. The maximum absolute atomic E-state index is 14.1. The number of cyclic esters (lactones) is 1. The zero-order chi connectivity index (χ0) is 40.8. The van der Waals surface area contributed by atoms with Crippen LogP contribution in [0.4, 0.5) is 0 Å². The van der Waals surface area contributed by atoms with E-state index in [9.17, 15) is 85.6 Å². The first kappa shape index (κ1) is 36.6. The highest BCUT2D eigenvalue weighted by atomic mass is 16.7. The predicted octanol–water partition coefficient (Wildman–Crippen LogP) is 0.665. The van der Waals surface area contributed by atoms with Crippen molar-refractivity contribution < 1.29 is 109 Å². The molecule has 5 atom stereocenters. The number of esters is 4. The lowest BCUT2D eigenvalue weighted by atomic mass is 9.91. The molecule has 22 heteroatoms. The molecule has 0 spiro atoms. The third-order valence-corrected chi connectivity index (χ3v) is 9.11. The molecule has 1 saturated heterocycles. The van der Waals surface area contributed by atoms with Crippen molar-refractivity contribution in [2.45, 2.75) is 30.7 Å². The topological polar surface area (TPSA) is 377 Å². The Labute approximate surface area is 308 Å². The van der Waals surface area contributed by atoms with E-state index in [0.717, 1.165) is 0 Å². The Hall–Kier alpha value is -7.72. The van der Waals surface area contributed by atoms with Gasteiger partial charge in [-0.15, -0.1) is 0 Å². The molecule has 3 aliphatic rings. The summed E-state index contributed by atoms with van der Waals surface area (Å²) >= 11 is 0. The Bertz CT molecular complexity index is 2440. The van der Waals surface area contributed by atoms with E-state index in [-0.39, 0.29) is 0 Å². The van der Waals surface area contributed by atoms with E-state index in [1.165, 1.54) is 0 Å². The maximum atomic E-state index is 14.1. The number of hydrogen-bond acceptors (Lipinski definition) is 22. The van der Waals surface area contributed by atoms with Gasteiger partial charge in [0.1, 0.15) is 12.7 Å². The molecule has 0 radical (unpaired) electrons. The van der Waals surface area contributed by atoms with Crippen LogP contribution < -0.4 is 0 Å². The van der Waals surface area contributed by atoms with Crippen LogP contribution in [0.5, 0.6) is 69.0 Å². The molecule has 3 aliphatic heterocycles. The minimum atomic E-state index is -2.40. The first-order valence-corrected chi connectivity index (χ1v) is 15.6. The Kier molecular flexibility index (Phi) is 8.31. The van der Waals surface area contributed by atoms with Crippen LogP contribution in [0, 0.1) is 0 Å². The van der Waals surface area contributed by atoms with Crippen molar-refractivity contribution in [3.05, 3.63) is 46.5 Å². The van der Waals surface area contributed by atoms with E-state index in [1.54, 1.807) is 0 Å². The largest absolute Gasteiger partial charge is 0.504 e. The minimum absolute atomic E-state index is 0.465. The molecule has 4 aromatic carbocycles. The highest BCUT2D eigenvalue weighted by Crippen LogP contribution is 2.55. The van der Waals surface area contributed by atoms with Crippen molar-refractivity contribution >= 4 is 23.9 Å². The molecule has 3 heterocycles. The number of rotatable bonds is 0. The van der Waals surface area contributed by atoms with Crippen LogP contribution in [0.25, 0.3) is 22.3 Å². The van der Waals surface area contributed by atoms with E-state index >= 15 is 0 Å². The van der Waals surface area contributed by atoms with Gasteiger partial charge < -0.3 is 90.1 Å². The Balaban J connectivity index is 1.44. The SMILES string of the molecule is O=C1OC[C@H]2O[C@H](O)[C@@H]3OC(=O)c4cc(O)c(O)c(O)c4-c4c(cc(O)c(O)c4O)C(=O)O[C@H]3[C@@H]2OC(=O)c2cc(O)c(O)c(O)c2-c2c1cc(O)c(O)c2O. The first-order valence-electron chi connectivity index (χ1n) is 15.6. The molecule has 4 aromatic rings. The minimum Gasteiger partial charge on any atom is -0.504 e. The molecule has 0 unspecified atom stereocenters. The Morgan fingerprint density at radius 2 is 0.714 bits per heavy atom. The average Bonchev–Trinajstić information content (AvgIpc) is 3.16. The number of aliphatic hydroxyl groups excluding tert-OH is 1. The summed E-state index contributed by atoms with van der Waals surface area (Å²) in [5, 5.41) is 137. The lowest BCUT2D eigenvalue weighted by Crippen LogP contribution is -2.62. The third-order valence-electron chi connectivity index (χ3n) is 9.11. The second-order valence-electron chi connectivity index (χ2n) is 12.3. The van der Waals surface area contributed by atoms with Crippen LogP contribution >= 0.6 is 0 Å². The fraction of sp³-hybridized carbons (Fsp3) is 0.176. The van der Waals surface area contributed by atoms with Gasteiger partial charge in [-0.1, -0.05) is 0 Å². The van der Waals surface area contributed by atoms with Gasteiger partial charge in [0.15, 0.2) is 70.6 Å². The number of aliphatic hydroxyl groups is 1. The molecular formula is C34H24O22. The number of phenolic OH excluding ortho intramolecular Hbond substituents is 12. The van der Waals surface area contributed by atoms with Crippen molar-refractivity contribution in [1.82, 2.24) is 0 Å². The molecular weight excluding hydrogens is 760 g/mol. The molecule has 22 nitrogen and oxygen atoms in total. The number of carbonyl (C=O) groups excluding carboxylic acids is 4. The van der Waals surface area contributed by atoms with Crippen molar-refractivity contribution in [1.29, 1.82) is 0 Å². The number of aromatic hydroxyl groups is 12. The van der Waals surface area contributed by atoms with E-state index in [1.807, 2.05) is 0 Å². The van der Waals surface area contributed by atoms with Gasteiger partial charge in [-0.2, -0.15) is 0 Å². The molecule has 56 heavy (non-hydrogen) atoms. The number of phenols is 12. The van der Waals surface area contributed by atoms with Gasteiger partial charge in [0, 0.05) is 22.3 Å². The van der Waals surface area contributed by atoms with Crippen molar-refractivity contribution in [2.24, 2.45) is 0 Å². The molecule has 7 rings (SSSR count). The Morgan fingerprint density at radius 1 is 0.411 bits per heavy atom. The Morgan fingerprint density at radius 3 is 1.07 bits per heavy atom. The fourth-order valence-electron chi connectivity index (χ4n) is 6.46. The molecule has 0 aliphatic carbocycles. The lowest BCUT2D eigenvalue weighted by molar-refractivity contribution is -0.284. The molecule has 0 amide bonds. The lowest BCUT2D eigenvalue weighted by Gasteiger charge is -2.43. The van der Waals surface area contributed by atoms with Gasteiger partial charge in [-0.25, -0.2) is 19.2 Å². The summed E-state index contributed by atoms with van der Waals surface area (Å²) in [6.07, 6.45) is -11.1. The van der Waals surface area contributed by atoms with Crippen LogP contribution in [0.1, 0.15) is 41.4 Å². The van der Waals surface area contributed by atoms with Crippen LogP contribution in [0.2, 0.25) is 0 Å². The monoisotopic (exact) mass is 784 g/mol. The second-order valence-corrected chi connectivity index (χ2v) is 12.3. The number of hydrogen-bond donors (Lipinski definition) is 13. The normalized spacial score (nSPS) is 21.8. The quantitative estimate of drug-likeness (QED) is 0.0661. The van der Waals surface area contributed by atoms with Crippen molar-refractivity contribution in [3.63, 3.8) is 0 Å². The second kappa shape index (κ2) is 12.7. The van der Waals surface area contributed by atoms with Crippen molar-refractivity contribution in [2.75, 3.05) is 6.61 Å². The van der Waals surface area contributed by atoms with Gasteiger partial charge in [0.2, 0.25) is 23.0 Å². The standard InChI is InChI=1S/C34H24O22/c35-10-1-6-15(23(43)19(10)39)16-7(2-11(36)20(40)24(16)44)31(48)54-27-14(5-52-30(6)47)53-34(51)29-28(27)55-32(49)8-3-12(37)21(41)25(45)17(8)18-9(33(50)56-29)4-13(38)22(42)26(18)46/h1-4,14,27-29,34-46,51H,5H2/t14-,27-,28+,29-,34+/m1/s1. The first-order chi connectivity index (χ1) is 26.3. The summed E-state index contributed by atoms with van der Waals surface area (Å²) in [6, 6.07) is 1.96. The zero-order valence-electron chi connectivity index (χ0n) is 27.4. The highest BCUT2D eigenvalue weighted by Gasteiger charge is 2.54. The number of fused-ring (bicyclic) bond motifs is 9. The molecule has 0 saturated carbocycles. The molecule has 0 bridgehead atoms. The van der Waals surface area contributed by atoms with Crippen LogP contribution in [-0.2, 0) is 23.7 Å². The van der Waals surface area contributed by atoms with Crippen LogP contribution in [-0.4, -0.2) is 128 Å².